The second-order valence-corrected chi connectivity index (χ2v) is 11.6. The highest BCUT2D eigenvalue weighted by atomic mass is 32.2. The first-order valence-electron chi connectivity index (χ1n) is 10.8. The van der Waals surface area contributed by atoms with Crippen LogP contribution in [0.1, 0.15) is 46.5 Å². The van der Waals surface area contributed by atoms with Crippen LogP contribution in [0.25, 0.3) is 0 Å². The SMILES string of the molecule is CC(=O)Nc1ccc(NC(=O)CN2CCC3(CC2)CCC(C)(C)N(S(C)(=O)=O)C3)cc1. The lowest BCUT2D eigenvalue weighted by Crippen LogP contribution is -2.58. The van der Waals surface area contributed by atoms with E-state index >= 15 is 0 Å². The maximum atomic E-state index is 12.5. The molecule has 2 saturated heterocycles. The Morgan fingerprint density at radius 2 is 1.52 bits per heavy atom. The zero-order valence-electron chi connectivity index (χ0n) is 18.9. The van der Waals surface area contributed by atoms with Crippen molar-refractivity contribution >= 4 is 33.2 Å². The van der Waals surface area contributed by atoms with Crippen LogP contribution in [-0.2, 0) is 19.6 Å². The second kappa shape index (κ2) is 8.88. The predicted molar refractivity (Wildman–Crippen MR) is 122 cm³/mol. The molecule has 2 fully saturated rings. The normalized spacial score (nSPS) is 21.5. The van der Waals surface area contributed by atoms with Crippen LogP contribution in [0.4, 0.5) is 11.4 Å². The number of piperidine rings is 2. The third-order valence-electron chi connectivity index (χ3n) is 6.59. The molecule has 0 aromatic heterocycles. The summed E-state index contributed by atoms with van der Waals surface area (Å²) in [7, 11) is -3.25. The number of nitrogens with one attached hydrogen (secondary N) is 2. The molecule has 0 aliphatic carbocycles. The molecule has 1 spiro atoms. The summed E-state index contributed by atoms with van der Waals surface area (Å²) in [5, 5.41) is 5.59. The van der Waals surface area contributed by atoms with Gasteiger partial charge in [0.05, 0.1) is 12.8 Å². The van der Waals surface area contributed by atoms with Crippen molar-refractivity contribution in [1.82, 2.24) is 9.21 Å². The second-order valence-electron chi connectivity index (χ2n) is 9.66. The number of carbonyl (C=O) groups is 2. The van der Waals surface area contributed by atoms with Gasteiger partial charge in [0.25, 0.3) is 0 Å². The molecule has 2 amide bonds. The molecular formula is C22H34N4O4S. The highest BCUT2D eigenvalue weighted by molar-refractivity contribution is 7.88. The van der Waals surface area contributed by atoms with Gasteiger partial charge in [0.2, 0.25) is 21.8 Å². The van der Waals surface area contributed by atoms with Gasteiger partial charge in [-0.25, -0.2) is 8.42 Å². The summed E-state index contributed by atoms with van der Waals surface area (Å²) in [6.45, 7) is 7.90. The summed E-state index contributed by atoms with van der Waals surface area (Å²) in [5.74, 6) is -0.216. The Hall–Kier alpha value is -1.97. The van der Waals surface area contributed by atoms with Crippen molar-refractivity contribution in [2.45, 2.75) is 52.0 Å². The molecule has 0 unspecified atom stereocenters. The quantitative estimate of drug-likeness (QED) is 0.718. The van der Waals surface area contributed by atoms with Crippen molar-refractivity contribution in [2.24, 2.45) is 5.41 Å². The topological polar surface area (TPSA) is 98.8 Å². The Balaban J connectivity index is 1.52. The molecule has 172 valence electrons. The van der Waals surface area contributed by atoms with E-state index in [4.69, 9.17) is 0 Å². The maximum Gasteiger partial charge on any atom is 0.238 e. The summed E-state index contributed by atoms with van der Waals surface area (Å²) in [5.41, 5.74) is 1.03. The van der Waals surface area contributed by atoms with Gasteiger partial charge in [0.15, 0.2) is 0 Å². The fourth-order valence-electron chi connectivity index (χ4n) is 4.70. The number of likely N-dealkylation sites (tertiary alicyclic amines) is 1. The average Bonchev–Trinajstić information content (AvgIpc) is 2.66. The average molecular weight is 451 g/mol. The van der Waals surface area contributed by atoms with Gasteiger partial charge in [-0.3, -0.25) is 14.5 Å². The summed E-state index contributed by atoms with van der Waals surface area (Å²) in [4.78, 5) is 25.7. The van der Waals surface area contributed by atoms with Crippen LogP contribution in [0.3, 0.4) is 0 Å². The lowest BCUT2D eigenvalue weighted by atomic mass is 9.69. The standard InChI is InChI=1S/C22H34N4O4S/c1-17(27)23-18-5-7-19(8-6-18)24-20(28)15-25-13-11-22(12-14-25)10-9-21(2,3)26(16-22)31(4,29)30/h5-8H,9-16H2,1-4H3,(H,23,27)(H,24,28). The largest absolute Gasteiger partial charge is 0.326 e. The maximum absolute atomic E-state index is 12.5. The third kappa shape index (κ3) is 6.05. The molecule has 0 atom stereocenters. The van der Waals surface area contributed by atoms with Crippen LogP contribution >= 0.6 is 0 Å². The van der Waals surface area contributed by atoms with E-state index < -0.39 is 10.0 Å². The van der Waals surface area contributed by atoms with Crippen molar-refractivity contribution in [2.75, 3.05) is 43.1 Å². The molecule has 31 heavy (non-hydrogen) atoms. The molecule has 0 radical (unpaired) electrons. The summed E-state index contributed by atoms with van der Waals surface area (Å²) >= 11 is 0. The Labute approximate surface area is 185 Å². The molecule has 1 aromatic carbocycles. The Bertz CT molecular complexity index is 919. The van der Waals surface area contributed by atoms with E-state index in [9.17, 15) is 18.0 Å². The lowest BCUT2D eigenvalue weighted by molar-refractivity contribution is -0.118. The first-order valence-corrected chi connectivity index (χ1v) is 12.6. The van der Waals surface area contributed by atoms with Gasteiger partial charge in [-0.2, -0.15) is 4.31 Å². The van der Waals surface area contributed by atoms with Crippen molar-refractivity contribution in [1.29, 1.82) is 0 Å². The number of carbonyl (C=O) groups excluding carboxylic acids is 2. The first kappa shape index (κ1) is 23.7. The minimum Gasteiger partial charge on any atom is -0.326 e. The smallest absolute Gasteiger partial charge is 0.238 e. The van der Waals surface area contributed by atoms with Gasteiger partial charge >= 0.3 is 0 Å². The van der Waals surface area contributed by atoms with Crippen LogP contribution in [0, 0.1) is 5.41 Å². The van der Waals surface area contributed by atoms with Gasteiger partial charge < -0.3 is 10.6 Å². The highest BCUT2D eigenvalue weighted by Gasteiger charge is 2.47. The van der Waals surface area contributed by atoms with Crippen LogP contribution < -0.4 is 10.6 Å². The summed E-state index contributed by atoms with van der Waals surface area (Å²) < 4.78 is 26.3. The monoisotopic (exact) mass is 450 g/mol. The van der Waals surface area contributed by atoms with Crippen LogP contribution in [-0.4, -0.2) is 67.4 Å². The number of nitrogens with zero attached hydrogens (tertiary/aromatic N) is 2. The molecule has 2 aliphatic heterocycles. The van der Waals surface area contributed by atoms with E-state index in [1.165, 1.54) is 13.2 Å². The molecule has 1 aromatic rings. The molecule has 2 heterocycles. The van der Waals surface area contributed by atoms with Crippen molar-refractivity contribution in [3.05, 3.63) is 24.3 Å². The van der Waals surface area contributed by atoms with Crippen molar-refractivity contribution in [3.63, 3.8) is 0 Å². The molecular weight excluding hydrogens is 416 g/mol. The number of sulfonamides is 1. The van der Waals surface area contributed by atoms with E-state index in [0.29, 0.717) is 24.5 Å². The lowest BCUT2D eigenvalue weighted by Gasteiger charge is -2.52. The molecule has 2 N–H and O–H groups in total. The van der Waals surface area contributed by atoms with Crippen LogP contribution in [0.2, 0.25) is 0 Å². The summed E-state index contributed by atoms with van der Waals surface area (Å²) in [6.07, 6.45) is 4.97. The van der Waals surface area contributed by atoms with Crippen LogP contribution in [0.5, 0.6) is 0 Å². The first-order chi connectivity index (χ1) is 14.4. The van der Waals surface area contributed by atoms with E-state index in [-0.39, 0.29) is 22.8 Å². The number of rotatable bonds is 5. The predicted octanol–water partition coefficient (Wildman–Crippen LogP) is 2.50. The molecule has 0 bridgehead atoms. The van der Waals surface area contributed by atoms with Gasteiger partial charge in [-0.15, -0.1) is 0 Å². The molecule has 8 nitrogen and oxygen atoms in total. The Morgan fingerprint density at radius 1 is 0.968 bits per heavy atom. The minimum absolute atomic E-state index is 0.00508. The van der Waals surface area contributed by atoms with Gasteiger partial charge in [0, 0.05) is 30.4 Å². The van der Waals surface area contributed by atoms with Crippen LogP contribution in [0.15, 0.2) is 24.3 Å². The number of hydrogen-bond donors (Lipinski definition) is 2. The minimum atomic E-state index is -3.25. The zero-order valence-corrected chi connectivity index (χ0v) is 19.7. The van der Waals surface area contributed by atoms with E-state index in [1.807, 2.05) is 13.8 Å². The molecule has 3 rings (SSSR count). The van der Waals surface area contributed by atoms with Crippen molar-refractivity contribution < 1.29 is 18.0 Å². The number of anilines is 2. The molecule has 0 saturated carbocycles. The number of amides is 2. The zero-order chi connectivity index (χ0) is 22.9. The number of benzene rings is 1. The molecule has 9 heteroatoms. The fraction of sp³-hybridized carbons (Fsp3) is 0.636. The van der Waals surface area contributed by atoms with E-state index in [0.717, 1.165) is 38.8 Å². The Morgan fingerprint density at radius 3 is 2.03 bits per heavy atom. The molecule has 2 aliphatic rings. The van der Waals surface area contributed by atoms with Gasteiger partial charge in [0.1, 0.15) is 0 Å². The van der Waals surface area contributed by atoms with E-state index in [2.05, 4.69) is 15.5 Å². The summed E-state index contributed by atoms with van der Waals surface area (Å²) in [6, 6.07) is 7.02. The van der Waals surface area contributed by atoms with Gasteiger partial charge in [-0.05, 0) is 82.3 Å². The van der Waals surface area contributed by atoms with Gasteiger partial charge in [-0.1, -0.05) is 0 Å². The fourth-order valence-corrected chi connectivity index (χ4v) is 6.19. The third-order valence-corrected chi connectivity index (χ3v) is 8.02. The number of hydrogen-bond acceptors (Lipinski definition) is 5. The Kier molecular flexibility index (Phi) is 6.78. The van der Waals surface area contributed by atoms with Crippen molar-refractivity contribution in [3.8, 4) is 0 Å². The highest BCUT2D eigenvalue weighted by Crippen LogP contribution is 2.45. The van der Waals surface area contributed by atoms with E-state index in [1.54, 1.807) is 28.6 Å².